The molecule has 0 atom stereocenters. The highest BCUT2D eigenvalue weighted by Gasteiger charge is 2.18. The highest BCUT2D eigenvalue weighted by atomic mass is 35.5. The largest absolute Gasteiger partial charge is 0.378 e. The quantitative estimate of drug-likeness (QED) is 0.903. The molecule has 126 valence electrons. The number of hydrogen-bond donors (Lipinski definition) is 1. The molecule has 5 nitrogen and oxygen atoms in total. The van der Waals surface area contributed by atoms with Gasteiger partial charge in [0.15, 0.2) is 0 Å². The van der Waals surface area contributed by atoms with Gasteiger partial charge in [-0.25, -0.2) is 0 Å². The van der Waals surface area contributed by atoms with Crippen LogP contribution >= 0.6 is 11.6 Å². The number of benzene rings is 2. The summed E-state index contributed by atoms with van der Waals surface area (Å²) in [5, 5.41) is 3.21. The number of carbonyl (C=O) groups excluding carboxylic acids is 2. The van der Waals surface area contributed by atoms with Crippen molar-refractivity contribution in [3.8, 4) is 0 Å². The molecule has 0 heterocycles. The SMILES string of the molecule is CC(=O)N(CC(=O)Nc1ccc(N(C)C)cc1)c1ccccc1Cl. The number of nitrogens with one attached hydrogen (secondary N) is 1. The van der Waals surface area contributed by atoms with Gasteiger partial charge in [0.1, 0.15) is 6.54 Å². The van der Waals surface area contributed by atoms with Gasteiger partial charge in [-0.15, -0.1) is 0 Å². The maximum absolute atomic E-state index is 12.3. The molecular weight excluding hydrogens is 326 g/mol. The van der Waals surface area contributed by atoms with Gasteiger partial charge in [-0.1, -0.05) is 23.7 Å². The Labute approximate surface area is 146 Å². The Bertz CT molecular complexity index is 729. The Morgan fingerprint density at radius 3 is 2.21 bits per heavy atom. The van der Waals surface area contributed by atoms with E-state index >= 15 is 0 Å². The van der Waals surface area contributed by atoms with Crippen molar-refractivity contribution in [3.05, 3.63) is 53.6 Å². The lowest BCUT2D eigenvalue weighted by Gasteiger charge is -2.22. The number of amides is 2. The van der Waals surface area contributed by atoms with Gasteiger partial charge in [-0.3, -0.25) is 9.59 Å². The first-order valence-corrected chi connectivity index (χ1v) is 7.86. The van der Waals surface area contributed by atoms with Gasteiger partial charge in [-0.2, -0.15) is 0 Å². The Kier molecular flexibility index (Phi) is 5.82. The zero-order chi connectivity index (χ0) is 17.7. The van der Waals surface area contributed by atoms with Crippen LogP contribution in [-0.4, -0.2) is 32.5 Å². The Morgan fingerprint density at radius 2 is 1.67 bits per heavy atom. The van der Waals surface area contributed by atoms with Crippen molar-refractivity contribution in [2.75, 3.05) is 35.8 Å². The molecule has 1 N–H and O–H groups in total. The van der Waals surface area contributed by atoms with Crippen LogP contribution in [0.2, 0.25) is 5.02 Å². The summed E-state index contributed by atoms with van der Waals surface area (Å²) in [6.45, 7) is 1.30. The second-order valence-electron chi connectivity index (χ2n) is 5.55. The molecule has 0 saturated heterocycles. The van der Waals surface area contributed by atoms with E-state index in [2.05, 4.69) is 5.32 Å². The monoisotopic (exact) mass is 345 g/mol. The summed E-state index contributed by atoms with van der Waals surface area (Å²) in [5.74, 6) is -0.538. The Morgan fingerprint density at radius 1 is 1.04 bits per heavy atom. The molecule has 24 heavy (non-hydrogen) atoms. The maximum atomic E-state index is 12.3. The van der Waals surface area contributed by atoms with Crippen molar-refractivity contribution in [1.82, 2.24) is 0 Å². The molecule has 0 aliphatic carbocycles. The van der Waals surface area contributed by atoms with E-state index in [1.165, 1.54) is 11.8 Å². The summed E-state index contributed by atoms with van der Waals surface area (Å²) < 4.78 is 0. The van der Waals surface area contributed by atoms with E-state index in [1.54, 1.807) is 24.3 Å². The van der Waals surface area contributed by atoms with Crippen molar-refractivity contribution in [1.29, 1.82) is 0 Å². The lowest BCUT2D eigenvalue weighted by molar-refractivity contribution is -0.120. The van der Waals surface area contributed by atoms with E-state index in [1.807, 2.05) is 43.3 Å². The Balaban J connectivity index is 2.09. The van der Waals surface area contributed by atoms with E-state index in [4.69, 9.17) is 11.6 Å². The fourth-order valence-corrected chi connectivity index (χ4v) is 2.46. The van der Waals surface area contributed by atoms with Gasteiger partial charge >= 0.3 is 0 Å². The summed E-state index contributed by atoms with van der Waals surface area (Å²) in [6, 6.07) is 14.4. The van der Waals surface area contributed by atoms with Gasteiger partial charge in [0, 0.05) is 32.4 Å². The number of nitrogens with zero attached hydrogens (tertiary/aromatic N) is 2. The van der Waals surface area contributed by atoms with Crippen molar-refractivity contribution in [2.45, 2.75) is 6.92 Å². The van der Waals surface area contributed by atoms with E-state index < -0.39 is 0 Å². The van der Waals surface area contributed by atoms with Crippen LogP contribution in [-0.2, 0) is 9.59 Å². The number of halogens is 1. The molecule has 0 radical (unpaired) electrons. The molecule has 2 aromatic carbocycles. The van der Waals surface area contributed by atoms with Crippen molar-refractivity contribution in [3.63, 3.8) is 0 Å². The minimum atomic E-state index is -0.289. The van der Waals surface area contributed by atoms with Crippen molar-refractivity contribution in [2.24, 2.45) is 0 Å². The zero-order valence-corrected chi connectivity index (χ0v) is 14.7. The third-order valence-electron chi connectivity index (χ3n) is 3.49. The summed E-state index contributed by atoms with van der Waals surface area (Å²) in [6.07, 6.45) is 0. The van der Waals surface area contributed by atoms with Crippen LogP contribution in [0.3, 0.4) is 0 Å². The second-order valence-corrected chi connectivity index (χ2v) is 5.95. The number of para-hydroxylation sites is 1. The van der Waals surface area contributed by atoms with Crippen LogP contribution in [0.5, 0.6) is 0 Å². The number of rotatable bonds is 5. The van der Waals surface area contributed by atoms with Gasteiger partial charge in [-0.05, 0) is 36.4 Å². The van der Waals surface area contributed by atoms with Crippen LogP contribution in [0.25, 0.3) is 0 Å². The topological polar surface area (TPSA) is 52.7 Å². The van der Waals surface area contributed by atoms with Crippen LogP contribution in [0.1, 0.15) is 6.92 Å². The van der Waals surface area contributed by atoms with Gasteiger partial charge in [0.25, 0.3) is 0 Å². The summed E-state index contributed by atoms with van der Waals surface area (Å²) in [7, 11) is 3.89. The fourth-order valence-electron chi connectivity index (χ4n) is 2.22. The molecule has 0 bridgehead atoms. The van der Waals surface area contributed by atoms with Crippen molar-refractivity contribution < 1.29 is 9.59 Å². The zero-order valence-electron chi connectivity index (χ0n) is 13.9. The Hall–Kier alpha value is -2.53. The highest BCUT2D eigenvalue weighted by Crippen LogP contribution is 2.25. The van der Waals surface area contributed by atoms with Gasteiger partial charge in [0.2, 0.25) is 11.8 Å². The highest BCUT2D eigenvalue weighted by molar-refractivity contribution is 6.33. The average Bonchev–Trinajstić information content (AvgIpc) is 2.53. The van der Waals surface area contributed by atoms with Gasteiger partial charge in [0.05, 0.1) is 10.7 Å². The minimum Gasteiger partial charge on any atom is -0.378 e. The molecule has 0 fully saturated rings. The number of hydrogen-bond acceptors (Lipinski definition) is 3. The molecule has 0 spiro atoms. The number of carbonyl (C=O) groups is 2. The van der Waals surface area contributed by atoms with Crippen LogP contribution in [0.4, 0.5) is 17.1 Å². The predicted molar refractivity (Wildman–Crippen MR) is 98.9 cm³/mol. The molecule has 0 saturated carbocycles. The number of anilines is 3. The molecular formula is C18H20ClN3O2. The second kappa shape index (κ2) is 7.84. The van der Waals surface area contributed by atoms with E-state index in [0.29, 0.717) is 16.4 Å². The lowest BCUT2D eigenvalue weighted by atomic mass is 10.2. The minimum absolute atomic E-state index is 0.103. The average molecular weight is 346 g/mol. The van der Waals surface area contributed by atoms with Crippen molar-refractivity contribution >= 4 is 40.5 Å². The molecule has 2 rings (SSSR count). The predicted octanol–water partition coefficient (Wildman–Crippen LogP) is 3.40. The molecule has 0 unspecified atom stereocenters. The van der Waals surface area contributed by atoms with Gasteiger partial charge < -0.3 is 15.1 Å². The first-order valence-electron chi connectivity index (χ1n) is 7.48. The molecule has 2 amide bonds. The smallest absolute Gasteiger partial charge is 0.244 e. The van der Waals surface area contributed by atoms with E-state index in [-0.39, 0.29) is 18.4 Å². The molecule has 6 heteroatoms. The molecule has 0 aliphatic heterocycles. The fraction of sp³-hybridized carbons (Fsp3) is 0.222. The third kappa shape index (κ3) is 4.49. The third-order valence-corrected chi connectivity index (χ3v) is 3.81. The van der Waals surface area contributed by atoms with E-state index in [9.17, 15) is 9.59 Å². The maximum Gasteiger partial charge on any atom is 0.244 e. The van der Waals surface area contributed by atoms with Crippen LogP contribution < -0.4 is 15.1 Å². The lowest BCUT2D eigenvalue weighted by Crippen LogP contribution is -2.36. The van der Waals surface area contributed by atoms with Crippen LogP contribution in [0.15, 0.2) is 48.5 Å². The summed E-state index contributed by atoms with van der Waals surface area (Å²) in [5.41, 5.74) is 2.23. The van der Waals surface area contributed by atoms with Crippen LogP contribution in [0, 0.1) is 0 Å². The summed E-state index contributed by atoms with van der Waals surface area (Å²) >= 11 is 6.12. The first-order chi connectivity index (χ1) is 11.4. The molecule has 2 aromatic rings. The molecule has 0 aliphatic rings. The first kappa shape index (κ1) is 17.8. The summed E-state index contributed by atoms with van der Waals surface area (Å²) in [4.78, 5) is 27.5. The standard InChI is InChI=1S/C18H20ClN3O2/c1-13(23)22(17-7-5-4-6-16(17)19)12-18(24)20-14-8-10-15(11-9-14)21(2)3/h4-11H,12H2,1-3H3,(H,20,24). The normalized spacial score (nSPS) is 10.2. The van der Waals surface area contributed by atoms with E-state index in [0.717, 1.165) is 5.69 Å². The molecule has 0 aromatic heterocycles.